The number of benzene rings is 2. The molecule has 2 aliphatic heterocycles. The molecule has 0 aromatic heterocycles. The smallest absolute Gasteiger partial charge is 0.257 e. The van der Waals surface area contributed by atoms with Crippen LogP contribution in [-0.2, 0) is 19.2 Å². The van der Waals surface area contributed by atoms with Gasteiger partial charge in [0, 0.05) is 11.1 Å². The number of amides is 4. The summed E-state index contributed by atoms with van der Waals surface area (Å²) in [5.74, 6) is -2.17. The van der Waals surface area contributed by atoms with E-state index in [1.807, 2.05) is 38.1 Å². The summed E-state index contributed by atoms with van der Waals surface area (Å²) in [5.41, 5.74) is 4.95. The van der Waals surface area contributed by atoms with Crippen LogP contribution in [0.4, 0.5) is 11.4 Å². The van der Waals surface area contributed by atoms with Gasteiger partial charge in [0.25, 0.3) is 23.6 Å². The SMILES string of the molecule is CC1=C(CCC2=C(C)C(N=Nc3ccc(C)cc3)C(=O)NC2=O)C(=O)NC(=O)C1N=Nc1ccc(C)cc1. The van der Waals surface area contributed by atoms with Crippen LogP contribution in [0.1, 0.15) is 37.8 Å². The van der Waals surface area contributed by atoms with Crippen molar-refractivity contribution in [3.63, 3.8) is 0 Å². The Morgan fingerprint density at radius 3 is 1.26 bits per heavy atom. The zero-order valence-electron chi connectivity index (χ0n) is 21.6. The van der Waals surface area contributed by atoms with Crippen molar-refractivity contribution in [3.8, 4) is 0 Å². The second-order valence-corrected chi connectivity index (χ2v) is 9.37. The Balaban J connectivity index is 1.55. The predicted octanol–water partition coefficient (Wildman–Crippen LogP) is 4.63. The zero-order valence-corrected chi connectivity index (χ0v) is 21.6. The molecule has 0 bridgehead atoms. The number of azo groups is 2. The van der Waals surface area contributed by atoms with E-state index in [0.717, 1.165) is 11.1 Å². The van der Waals surface area contributed by atoms with Gasteiger partial charge in [-0.3, -0.25) is 29.8 Å². The minimum Gasteiger partial charge on any atom is -0.290 e. The molecule has 4 amide bonds. The number of nitrogens with one attached hydrogen (secondary N) is 2. The molecule has 38 heavy (non-hydrogen) atoms. The molecular weight excluding hydrogens is 484 g/mol. The molecule has 0 fully saturated rings. The summed E-state index contributed by atoms with van der Waals surface area (Å²) in [4.78, 5) is 50.2. The minimum absolute atomic E-state index is 0.164. The van der Waals surface area contributed by atoms with E-state index in [-0.39, 0.29) is 12.8 Å². The fourth-order valence-corrected chi connectivity index (χ4v) is 4.21. The highest BCUT2D eigenvalue weighted by molar-refractivity contribution is 6.12. The Bertz CT molecular complexity index is 1310. The molecule has 10 heteroatoms. The Labute approximate surface area is 220 Å². The van der Waals surface area contributed by atoms with Gasteiger partial charge < -0.3 is 0 Å². The van der Waals surface area contributed by atoms with E-state index >= 15 is 0 Å². The first kappa shape index (κ1) is 26.5. The number of carbonyl (C=O) groups excluding carboxylic acids is 4. The highest BCUT2D eigenvalue weighted by Crippen LogP contribution is 2.28. The second-order valence-electron chi connectivity index (χ2n) is 9.37. The number of rotatable bonds is 7. The maximum Gasteiger partial charge on any atom is 0.257 e. The first-order valence-electron chi connectivity index (χ1n) is 12.2. The van der Waals surface area contributed by atoms with Crippen molar-refractivity contribution >= 4 is 35.0 Å². The molecule has 0 radical (unpaired) electrons. The van der Waals surface area contributed by atoms with Gasteiger partial charge in [-0.25, -0.2) is 0 Å². The molecule has 0 aliphatic carbocycles. The molecule has 0 saturated carbocycles. The number of hydrogen-bond acceptors (Lipinski definition) is 8. The van der Waals surface area contributed by atoms with Gasteiger partial charge in [-0.05, 0) is 75.9 Å². The molecule has 194 valence electrons. The van der Waals surface area contributed by atoms with Crippen molar-refractivity contribution < 1.29 is 19.2 Å². The van der Waals surface area contributed by atoms with Gasteiger partial charge in [-0.1, -0.05) is 35.4 Å². The van der Waals surface area contributed by atoms with Crippen molar-refractivity contribution in [2.75, 3.05) is 0 Å². The monoisotopic (exact) mass is 512 g/mol. The van der Waals surface area contributed by atoms with Crippen LogP contribution in [0.15, 0.2) is 91.3 Å². The topological polar surface area (TPSA) is 142 Å². The third-order valence-corrected chi connectivity index (χ3v) is 6.56. The van der Waals surface area contributed by atoms with Crippen LogP contribution in [0.5, 0.6) is 0 Å². The molecule has 2 unspecified atom stereocenters. The standard InChI is InChI=1S/C28H28N6O4/c1-15-5-9-19(10-6-15)31-33-23-17(3)21(25(35)29-27(23)37)13-14-22-18(4)24(28(38)30-26(22)36)34-32-20-11-7-16(2)8-12-20/h5-12,23-24H,13-14H2,1-4H3,(H,29,35,37)(H,30,36,38). The third kappa shape index (κ3) is 5.86. The van der Waals surface area contributed by atoms with E-state index in [9.17, 15) is 19.2 Å². The summed E-state index contributed by atoms with van der Waals surface area (Å²) in [6, 6.07) is 12.8. The number of aryl methyl sites for hydroxylation is 2. The number of hydrogen-bond donors (Lipinski definition) is 2. The lowest BCUT2D eigenvalue weighted by atomic mass is 9.89. The summed E-state index contributed by atoms with van der Waals surface area (Å²) in [6.45, 7) is 7.23. The summed E-state index contributed by atoms with van der Waals surface area (Å²) >= 11 is 0. The molecule has 2 aromatic carbocycles. The van der Waals surface area contributed by atoms with Crippen LogP contribution in [0, 0.1) is 13.8 Å². The fraction of sp³-hybridized carbons (Fsp3) is 0.286. The number of nitrogens with zero attached hydrogens (tertiary/aromatic N) is 4. The molecular formula is C28H28N6O4. The van der Waals surface area contributed by atoms with E-state index in [1.165, 1.54) is 0 Å². The Hall–Kier alpha value is -4.60. The van der Waals surface area contributed by atoms with E-state index in [0.29, 0.717) is 33.7 Å². The van der Waals surface area contributed by atoms with Crippen molar-refractivity contribution in [1.29, 1.82) is 0 Å². The number of imide groups is 2. The van der Waals surface area contributed by atoms with Crippen LogP contribution < -0.4 is 10.6 Å². The first-order chi connectivity index (χ1) is 18.1. The Morgan fingerprint density at radius 1 is 0.579 bits per heavy atom. The van der Waals surface area contributed by atoms with Crippen LogP contribution in [0.25, 0.3) is 0 Å². The minimum atomic E-state index is -0.961. The normalized spacial score (nSPS) is 20.5. The maximum atomic E-state index is 12.6. The van der Waals surface area contributed by atoms with Gasteiger partial charge in [0.15, 0.2) is 12.1 Å². The van der Waals surface area contributed by atoms with Gasteiger partial charge in [0.05, 0.1) is 11.4 Å². The molecule has 2 N–H and O–H groups in total. The van der Waals surface area contributed by atoms with Gasteiger partial charge in [0.2, 0.25) is 0 Å². The molecule has 4 rings (SSSR count). The van der Waals surface area contributed by atoms with Crippen molar-refractivity contribution in [1.82, 2.24) is 10.6 Å². The average molecular weight is 513 g/mol. The first-order valence-corrected chi connectivity index (χ1v) is 12.2. The highest BCUT2D eigenvalue weighted by Gasteiger charge is 2.35. The lowest BCUT2D eigenvalue weighted by Crippen LogP contribution is -2.45. The molecule has 0 saturated heterocycles. The molecule has 0 spiro atoms. The summed E-state index contributed by atoms with van der Waals surface area (Å²) in [5, 5.41) is 21.3. The fourth-order valence-electron chi connectivity index (χ4n) is 4.21. The quantitative estimate of drug-likeness (QED) is 0.412. The van der Waals surface area contributed by atoms with Gasteiger partial charge >= 0.3 is 0 Å². The second kappa shape index (κ2) is 11.2. The van der Waals surface area contributed by atoms with E-state index in [1.54, 1.807) is 38.1 Å². The highest BCUT2D eigenvalue weighted by atomic mass is 16.2. The van der Waals surface area contributed by atoms with Crippen LogP contribution in [0.2, 0.25) is 0 Å². The van der Waals surface area contributed by atoms with Gasteiger partial charge in [-0.15, -0.1) is 0 Å². The molecule has 2 aromatic rings. The van der Waals surface area contributed by atoms with E-state index < -0.39 is 35.7 Å². The predicted molar refractivity (Wildman–Crippen MR) is 140 cm³/mol. The van der Waals surface area contributed by atoms with Crippen molar-refractivity contribution in [3.05, 3.63) is 82.0 Å². The number of carbonyl (C=O) groups is 4. The van der Waals surface area contributed by atoms with E-state index in [2.05, 4.69) is 31.1 Å². The van der Waals surface area contributed by atoms with Crippen LogP contribution in [0.3, 0.4) is 0 Å². The largest absolute Gasteiger partial charge is 0.290 e. The van der Waals surface area contributed by atoms with Gasteiger partial charge in [-0.2, -0.15) is 20.5 Å². The van der Waals surface area contributed by atoms with Crippen LogP contribution >= 0.6 is 0 Å². The van der Waals surface area contributed by atoms with Crippen LogP contribution in [-0.4, -0.2) is 35.7 Å². The summed E-state index contributed by atoms with van der Waals surface area (Å²) in [7, 11) is 0. The third-order valence-electron chi connectivity index (χ3n) is 6.56. The maximum absolute atomic E-state index is 12.6. The summed E-state index contributed by atoms with van der Waals surface area (Å²) in [6.07, 6.45) is 0.329. The van der Waals surface area contributed by atoms with Gasteiger partial charge in [0.1, 0.15) is 0 Å². The molecule has 10 nitrogen and oxygen atoms in total. The van der Waals surface area contributed by atoms with Crippen molar-refractivity contribution in [2.45, 2.75) is 52.6 Å². The van der Waals surface area contributed by atoms with E-state index in [4.69, 9.17) is 0 Å². The Morgan fingerprint density at radius 2 is 0.921 bits per heavy atom. The zero-order chi connectivity index (χ0) is 27.4. The average Bonchev–Trinajstić information content (AvgIpc) is 2.87. The lowest BCUT2D eigenvalue weighted by molar-refractivity contribution is -0.131. The molecule has 2 aliphatic rings. The molecule has 2 heterocycles. The lowest BCUT2D eigenvalue weighted by Gasteiger charge is -2.24. The Kier molecular flexibility index (Phi) is 7.80. The van der Waals surface area contributed by atoms with Crippen molar-refractivity contribution in [2.24, 2.45) is 20.5 Å². The summed E-state index contributed by atoms with van der Waals surface area (Å²) < 4.78 is 0. The molecule has 2 atom stereocenters.